The van der Waals surface area contributed by atoms with E-state index in [1.54, 1.807) is 0 Å². The first-order chi connectivity index (χ1) is 13.5. The number of anilines is 1. The lowest BCUT2D eigenvalue weighted by molar-refractivity contribution is 0.0999. The fourth-order valence-corrected chi connectivity index (χ4v) is 4.11. The second kappa shape index (κ2) is 7.55. The third-order valence-electron chi connectivity index (χ3n) is 5.86. The summed E-state index contributed by atoms with van der Waals surface area (Å²) in [4.78, 5) is 14.4. The van der Waals surface area contributed by atoms with Gasteiger partial charge in [-0.05, 0) is 61.6 Å². The van der Waals surface area contributed by atoms with Gasteiger partial charge in [-0.15, -0.1) is 0 Å². The standard InChI is InChI=1S/C24H27N3O/c1-17-7-3-4-8-20(17)16-27-18(2)22(24(25)28)15-23(27)19-9-11-21(12-10-19)26-13-5-6-14-26/h3-4,7-12,15H,5-6,13-14,16H2,1-2H3,(H2,25,28). The molecule has 4 rings (SSSR count). The van der Waals surface area contributed by atoms with Crippen LogP contribution >= 0.6 is 0 Å². The summed E-state index contributed by atoms with van der Waals surface area (Å²) in [6, 6.07) is 19.0. The first kappa shape index (κ1) is 18.4. The first-order valence-electron chi connectivity index (χ1n) is 9.94. The molecule has 1 amide bonds. The van der Waals surface area contributed by atoms with Crippen LogP contribution in [0.15, 0.2) is 54.6 Å². The lowest BCUT2D eigenvalue weighted by Crippen LogP contribution is -2.17. The molecular weight excluding hydrogens is 346 g/mol. The van der Waals surface area contributed by atoms with Gasteiger partial charge in [0.25, 0.3) is 5.91 Å². The molecule has 0 spiro atoms. The molecule has 0 unspecified atom stereocenters. The molecule has 1 fully saturated rings. The molecule has 4 nitrogen and oxygen atoms in total. The van der Waals surface area contributed by atoms with Crippen molar-refractivity contribution in [3.63, 3.8) is 0 Å². The van der Waals surface area contributed by atoms with Crippen molar-refractivity contribution in [2.24, 2.45) is 5.73 Å². The van der Waals surface area contributed by atoms with Crippen LogP contribution in [0.2, 0.25) is 0 Å². The minimum atomic E-state index is -0.379. The van der Waals surface area contributed by atoms with Crippen LogP contribution in [0.3, 0.4) is 0 Å². The van der Waals surface area contributed by atoms with Crippen molar-refractivity contribution in [1.29, 1.82) is 0 Å². The van der Waals surface area contributed by atoms with Crippen molar-refractivity contribution in [2.75, 3.05) is 18.0 Å². The number of amides is 1. The van der Waals surface area contributed by atoms with Gasteiger partial charge in [0.05, 0.1) is 5.56 Å². The summed E-state index contributed by atoms with van der Waals surface area (Å²) in [5.41, 5.74) is 13.0. The van der Waals surface area contributed by atoms with E-state index in [0.717, 1.165) is 36.6 Å². The Kier molecular flexibility index (Phi) is 4.95. The lowest BCUT2D eigenvalue weighted by atomic mass is 10.1. The Hall–Kier alpha value is -3.01. The molecule has 0 aliphatic carbocycles. The maximum Gasteiger partial charge on any atom is 0.250 e. The molecule has 144 valence electrons. The van der Waals surface area contributed by atoms with E-state index in [1.165, 1.54) is 29.7 Å². The van der Waals surface area contributed by atoms with E-state index in [0.29, 0.717) is 5.56 Å². The van der Waals surface area contributed by atoms with Crippen LogP contribution in [-0.2, 0) is 6.54 Å². The van der Waals surface area contributed by atoms with Crippen molar-refractivity contribution in [2.45, 2.75) is 33.2 Å². The fourth-order valence-electron chi connectivity index (χ4n) is 4.11. The van der Waals surface area contributed by atoms with E-state index >= 15 is 0 Å². The molecule has 1 aromatic heterocycles. The van der Waals surface area contributed by atoms with Crippen molar-refractivity contribution < 1.29 is 4.79 Å². The Morgan fingerprint density at radius 1 is 1.00 bits per heavy atom. The van der Waals surface area contributed by atoms with Crippen molar-refractivity contribution >= 4 is 11.6 Å². The number of carbonyl (C=O) groups is 1. The Morgan fingerprint density at radius 3 is 2.32 bits per heavy atom. The molecule has 0 radical (unpaired) electrons. The second-order valence-electron chi connectivity index (χ2n) is 7.65. The zero-order chi connectivity index (χ0) is 19.7. The van der Waals surface area contributed by atoms with Crippen molar-refractivity contribution in [3.8, 4) is 11.3 Å². The van der Waals surface area contributed by atoms with Crippen molar-refractivity contribution in [1.82, 2.24) is 4.57 Å². The minimum absolute atomic E-state index is 0.379. The van der Waals surface area contributed by atoms with E-state index in [1.807, 2.05) is 19.1 Å². The number of nitrogens with zero attached hydrogens (tertiary/aromatic N) is 2. The molecule has 4 heteroatoms. The number of rotatable bonds is 5. The third kappa shape index (κ3) is 3.42. The van der Waals surface area contributed by atoms with E-state index < -0.39 is 0 Å². The quantitative estimate of drug-likeness (QED) is 0.715. The van der Waals surface area contributed by atoms with E-state index in [4.69, 9.17) is 5.73 Å². The number of hydrogen-bond acceptors (Lipinski definition) is 2. The van der Waals surface area contributed by atoms with Gasteiger partial charge in [-0.3, -0.25) is 4.79 Å². The van der Waals surface area contributed by atoms with Crippen LogP contribution in [-0.4, -0.2) is 23.6 Å². The van der Waals surface area contributed by atoms with Crippen LogP contribution in [0.4, 0.5) is 5.69 Å². The number of aromatic nitrogens is 1. The van der Waals surface area contributed by atoms with Gasteiger partial charge in [0.15, 0.2) is 0 Å². The first-order valence-corrected chi connectivity index (χ1v) is 9.94. The third-order valence-corrected chi connectivity index (χ3v) is 5.86. The maximum absolute atomic E-state index is 12.0. The molecule has 1 aliphatic heterocycles. The Labute approximate surface area is 166 Å². The summed E-state index contributed by atoms with van der Waals surface area (Å²) >= 11 is 0. The van der Waals surface area contributed by atoms with Crippen LogP contribution < -0.4 is 10.6 Å². The van der Waals surface area contributed by atoms with Gasteiger partial charge in [-0.25, -0.2) is 0 Å². The van der Waals surface area contributed by atoms with Crippen LogP contribution in [0.1, 0.15) is 40.0 Å². The van der Waals surface area contributed by atoms with Crippen molar-refractivity contribution in [3.05, 3.63) is 77.0 Å². The van der Waals surface area contributed by atoms with Gasteiger partial charge in [-0.1, -0.05) is 36.4 Å². The highest BCUT2D eigenvalue weighted by Gasteiger charge is 2.18. The highest BCUT2D eigenvalue weighted by molar-refractivity contribution is 5.95. The van der Waals surface area contributed by atoms with Crippen LogP contribution in [0.5, 0.6) is 0 Å². The summed E-state index contributed by atoms with van der Waals surface area (Å²) in [6.07, 6.45) is 2.53. The highest BCUT2D eigenvalue weighted by Crippen LogP contribution is 2.30. The van der Waals surface area contributed by atoms with Gasteiger partial charge < -0.3 is 15.2 Å². The van der Waals surface area contributed by atoms with E-state index in [2.05, 4.69) is 58.9 Å². The highest BCUT2D eigenvalue weighted by atomic mass is 16.1. The molecular formula is C24H27N3O. The second-order valence-corrected chi connectivity index (χ2v) is 7.65. The summed E-state index contributed by atoms with van der Waals surface area (Å²) in [7, 11) is 0. The maximum atomic E-state index is 12.0. The van der Waals surface area contributed by atoms with Gasteiger partial charge in [-0.2, -0.15) is 0 Å². The van der Waals surface area contributed by atoms with Gasteiger partial charge in [0, 0.05) is 36.7 Å². The number of aryl methyl sites for hydroxylation is 1. The molecule has 1 aliphatic rings. The number of primary amides is 1. The molecule has 1 saturated heterocycles. The van der Waals surface area contributed by atoms with Crippen LogP contribution in [0.25, 0.3) is 11.3 Å². The molecule has 0 atom stereocenters. The average Bonchev–Trinajstić information content (AvgIpc) is 3.33. The topological polar surface area (TPSA) is 51.3 Å². The lowest BCUT2D eigenvalue weighted by Gasteiger charge is -2.18. The Balaban J connectivity index is 1.74. The number of hydrogen-bond donors (Lipinski definition) is 1. The van der Waals surface area contributed by atoms with E-state index in [-0.39, 0.29) is 5.91 Å². The Bertz CT molecular complexity index is 995. The monoisotopic (exact) mass is 373 g/mol. The molecule has 2 N–H and O–H groups in total. The summed E-state index contributed by atoms with van der Waals surface area (Å²) in [6.45, 7) is 7.07. The van der Waals surface area contributed by atoms with Gasteiger partial charge in [0.1, 0.15) is 0 Å². The number of benzene rings is 2. The zero-order valence-electron chi connectivity index (χ0n) is 16.6. The smallest absolute Gasteiger partial charge is 0.250 e. The predicted molar refractivity (Wildman–Crippen MR) is 115 cm³/mol. The minimum Gasteiger partial charge on any atom is -0.372 e. The number of nitrogens with two attached hydrogens (primary N) is 1. The zero-order valence-corrected chi connectivity index (χ0v) is 16.6. The molecule has 2 heterocycles. The normalized spacial score (nSPS) is 13.9. The average molecular weight is 374 g/mol. The summed E-state index contributed by atoms with van der Waals surface area (Å²) < 4.78 is 2.20. The number of carbonyl (C=O) groups excluding carboxylic acids is 1. The largest absolute Gasteiger partial charge is 0.372 e. The van der Waals surface area contributed by atoms with Gasteiger partial charge >= 0.3 is 0 Å². The summed E-state index contributed by atoms with van der Waals surface area (Å²) in [5.74, 6) is -0.379. The molecule has 2 aromatic carbocycles. The molecule has 0 saturated carbocycles. The van der Waals surface area contributed by atoms with Gasteiger partial charge in [0.2, 0.25) is 0 Å². The Morgan fingerprint density at radius 2 is 1.68 bits per heavy atom. The SMILES string of the molecule is Cc1ccccc1Cn1c(-c2ccc(N3CCCC3)cc2)cc(C(N)=O)c1C. The molecule has 3 aromatic rings. The van der Waals surface area contributed by atoms with Crippen LogP contribution in [0, 0.1) is 13.8 Å². The summed E-state index contributed by atoms with van der Waals surface area (Å²) in [5, 5.41) is 0. The van der Waals surface area contributed by atoms with E-state index in [9.17, 15) is 4.79 Å². The molecule has 28 heavy (non-hydrogen) atoms. The predicted octanol–water partition coefficient (Wildman–Crippen LogP) is 4.52. The molecule has 0 bridgehead atoms. The fraction of sp³-hybridized carbons (Fsp3) is 0.292.